The molecule has 20 heavy (non-hydrogen) atoms. The normalized spacial score (nSPS) is 17.2. The fourth-order valence-corrected chi connectivity index (χ4v) is 3.39. The second-order valence-electron chi connectivity index (χ2n) is 5.14. The lowest BCUT2D eigenvalue weighted by molar-refractivity contribution is 0.340. The number of hydrogen-bond acceptors (Lipinski definition) is 2. The number of rotatable bonds is 1. The molecule has 4 heteroatoms. The molecule has 1 aliphatic heterocycles. The van der Waals surface area contributed by atoms with Crippen LogP contribution in [-0.4, -0.2) is 16.6 Å². The molecule has 0 bridgehead atoms. The molecular weight excluding hydrogens is 316 g/mol. The Labute approximate surface area is 125 Å². The highest BCUT2D eigenvalue weighted by atomic mass is 79.9. The van der Waals surface area contributed by atoms with Gasteiger partial charge in [0.1, 0.15) is 18.2 Å². The third-order valence-corrected chi connectivity index (χ3v) is 4.25. The van der Waals surface area contributed by atoms with Crippen molar-refractivity contribution < 1.29 is 4.74 Å². The van der Waals surface area contributed by atoms with Crippen molar-refractivity contribution >= 4 is 27.0 Å². The molecule has 100 valence electrons. The predicted octanol–water partition coefficient (Wildman–Crippen LogP) is 4.16. The van der Waals surface area contributed by atoms with E-state index in [4.69, 9.17) is 9.72 Å². The van der Waals surface area contributed by atoms with Crippen LogP contribution in [0.1, 0.15) is 22.9 Å². The minimum Gasteiger partial charge on any atom is -0.492 e. The standard InChI is InChI=1S/C16H13BrN2O/c1-9-6-10(17)7-13-15(9)19-16(18-13)12-8-20-14-5-3-2-4-11(12)14/h2-7,12H,8H2,1H3,(H,18,19). The quantitative estimate of drug-likeness (QED) is 0.728. The molecule has 2 aromatic carbocycles. The largest absolute Gasteiger partial charge is 0.492 e. The first-order valence-electron chi connectivity index (χ1n) is 6.60. The highest BCUT2D eigenvalue weighted by Crippen LogP contribution is 2.37. The van der Waals surface area contributed by atoms with Gasteiger partial charge in [0.15, 0.2) is 0 Å². The number of halogens is 1. The maximum atomic E-state index is 5.75. The molecule has 1 N–H and O–H groups in total. The summed E-state index contributed by atoms with van der Waals surface area (Å²) in [6.07, 6.45) is 0. The van der Waals surface area contributed by atoms with Crippen molar-refractivity contribution in [1.82, 2.24) is 9.97 Å². The average Bonchev–Trinajstić information content (AvgIpc) is 3.01. The predicted molar refractivity (Wildman–Crippen MR) is 82.3 cm³/mol. The summed E-state index contributed by atoms with van der Waals surface area (Å²) >= 11 is 3.53. The van der Waals surface area contributed by atoms with Crippen LogP contribution in [0.5, 0.6) is 5.75 Å². The summed E-state index contributed by atoms with van der Waals surface area (Å²) in [7, 11) is 0. The number of aromatic amines is 1. The molecule has 0 spiro atoms. The van der Waals surface area contributed by atoms with Gasteiger partial charge < -0.3 is 9.72 Å². The highest BCUT2D eigenvalue weighted by Gasteiger charge is 2.27. The number of fused-ring (bicyclic) bond motifs is 2. The van der Waals surface area contributed by atoms with Gasteiger partial charge in [0.25, 0.3) is 0 Å². The Balaban J connectivity index is 1.86. The Morgan fingerprint density at radius 3 is 3.05 bits per heavy atom. The molecule has 1 aromatic heterocycles. The lowest BCUT2D eigenvalue weighted by atomic mass is 10.0. The Morgan fingerprint density at radius 1 is 1.30 bits per heavy atom. The fraction of sp³-hybridized carbons (Fsp3) is 0.188. The van der Waals surface area contributed by atoms with Crippen molar-refractivity contribution in [2.24, 2.45) is 0 Å². The number of imidazole rings is 1. The number of nitrogens with zero attached hydrogens (tertiary/aromatic N) is 1. The van der Waals surface area contributed by atoms with E-state index in [1.165, 1.54) is 11.1 Å². The van der Waals surface area contributed by atoms with Gasteiger partial charge in [-0.25, -0.2) is 4.98 Å². The topological polar surface area (TPSA) is 37.9 Å². The Hall–Kier alpha value is -1.81. The van der Waals surface area contributed by atoms with Crippen LogP contribution in [0.3, 0.4) is 0 Å². The number of aryl methyl sites for hydroxylation is 1. The van der Waals surface area contributed by atoms with Crippen LogP contribution in [0, 0.1) is 6.92 Å². The van der Waals surface area contributed by atoms with E-state index in [9.17, 15) is 0 Å². The zero-order valence-corrected chi connectivity index (χ0v) is 12.6. The van der Waals surface area contributed by atoms with E-state index in [-0.39, 0.29) is 5.92 Å². The van der Waals surface area contributed by atoms with Crippen molar-refractivity contribution in [3.8, 4) is 5.75 Å². The van der Waals surface area contributed by atoms with Gasteiger partial charge in [-0.1, -0.05) is 34.1 Å². The number of para-hydroxylation sites is 1. The van der Waals surface area contributed by atoms with Crippen LogP contribution in [0.25, 0.3) is 11.0 Å². The molecule has 0 saturated heterocycles. The van der Waals surface area contributed by atoms with Gasteiger partial charge in [0.2, 0.25) is 0 Å². The maximum absolute atomic E-state index is 5.75. The molecule has 3 nitrogen and oxygen atoms in total. The molecule has 0 aliphatic carbocycles. The fourth-order valence-electron chi connectivity index (χ4n) is 2.82. The number of ether oxygens (including phenoxy) is 1. The van der Waals surface area contributed by atoms with Crippen molar-refractivity contribution in [2.45, 2.75) is 12.8 Å². The van der Waals surface area contributed by atoms with Gasteiger partial charge in [-0.05, 0) is 30.7 Å². The molecule has 2 heterocycles. The third-order valence-electron chi connectivity index (χ3n) is 3.79. The minimum absolute atomic E-state index is 0.191. The summed E-state index contributed by atoms with van der Waals surface area (Å²) < 4.78 is 6.82. The third kappa shape index (κ3) is 1.75. The molecule has 0 saturated carbocycles. The molecule has 0 fully saturated rings. The summed E-state index contributed by atoms with van der Waals surface area (Å²) in [5.41, 5.74) is 4.48. The van der Waals surface area contributed by atoms with Crippen LogP contribution in [0.2, 0.25) is 0 Å². The monoisotopic (exact) mass is 328 g/mol. The van der Waals surface area contributed by atoms with E-state index in [2.05, 4.69) is 46.0 Å². The molecule has 4 rings (SSSR count). The Morgan fingerprint density at radius 2 is 2.15 bits per heavy atom. The number of hydrogen-bond donors (Lipinski definition) is 1. The number of benzene rings is 2. The average molecular weight is 329 g/mol. The van der Waals surface area contributed by atoms with Gasteiger partial charge in [-0.15, -0.1) is 0 Å². The zero-order valence-electron chi connectivity index (χ0n) is 11.0. The van der Waals surface area contributed by atoms with E-state index >= 15 is 0 Å². The zero-order chi connectivity index (χ0) is 13.7. The molecule has 1 aliphatic rings. The molecule has 0 radical (unpaired) electrons. The Kier molecular flexibility index (Phi) is 2.60. The SMILES string of the molecule is Cc1cc(Br)cc2[nH]c(C3COc4ccccc43)nc12. The van der Waals surface area contributed by atoms with Crippen LogP contribution in [0.4, 0.5) is 0 Å². The van der Waals surface area contributed by atoms with Gasteiger partial charge in [0, 0.05) is 10.0 Å². The summed E-state index contributed by atoms with van der Waals surface area (Å²) in [5.74, 6) is 2.14. The number of aromatic nitrogens is 2. The van der Waals surface area contributed by atoms with Gasteiger partial charge in [-0.2, -0.15) is 0 Å². The molecule has 0 amide bonds. The van der Waals surface area contributed by atoms with E-state index in [1.54, 1.807) is 0 Å². The van der Waals surface area contributed by atoms with Crippen LogP contribution >= 0.6 is 15.9 Å². The van der Waals surface area contributed by atoms with Crippen molar-refractivity contribution in [3.05, 3.63) is 57.8 Å². The van der Waals surface area contributed by atoms with Gasteiger partial charge >= 0.3 is 0 Å². The van der Waals surface area contributed by atoms with E-state index in [0.717, 1.165) is 27.1 Å². The van der Waals surface area contributed by atoms with Crippen LogP contribution < -0.4 is 4.74 Å². The van der Waals surface area contributed by atoms with Crippen LogP contribution in [-0.2, 0) is 0 Å². The highest BCUT2D eigenvalue weighted by molar-refractivity contribution is 9.10. The van der Waals surface area contributed by atoms with Crippen LogP contribution in [0.15, 0.2) is 40.9 Å². The summed E-state index contributed by atoms with van der Waals surface area (Å²) in [6, 6.07) is 12.3. The first-order chi connectivity index (χ1) is 9.72. The second kappa shape index (κ2) is 4.35. The van der Waals surface area contributed by atoms with E-state index < -0.39 is 0 Å². The molecule has 1 unspecified atom stereocenters. The van der Waals surface area contributed by atoms with Crippen molar-refractivity contribution in [3.63, 3.8) is 0 Å². The van der Waals surface area contributed by atoms with Crippen molar-refractivity contribution in [2.75, 3.05) is 6.61 Å². The summed E-state index contributed by atoms with van der Waals surface area (Å²) in [6.45, 7) is 2.73. The maximum Gasteiger partial charge on any atom is 0.123 e. The number of H-pyrrole nitrogens is 1. The van der Waals surface area contributed by atoms with E-state index in [1.807, 2.05) is 18.2 Å². The second-order valence-corrected chi connectivity index (χ2v) is 6.06. The molecule has 1 atom stereocenters. The Bertz CT molecular complexity index is 809. The van der Waals surface area contributed by atoms with Gasteiger partial charge in [0.05, 0.1) is 17.0 Å². The lowest BCUT2D eigenvalue weighted by Crippen LogP contribution is -2.04. The van der Waals surface area contributed by atoms with E-state index in [0.29, 0.717) is 6.61 Å². The smallest absolute Gasteiger partial charge is 0.123 e. The first kappa shape index (κ1) is 12.0. The minimum atomic E-state index is 0.191. The number of nitrogens with one attached hydrogen (secondary N) is 1. The lowest BCUT2D eigenvalue weighted by Gasteiger charge is -2.03. The summed E-state index contributed by atoms with van der Waals surface area (Å²) in [5, 5.41) is 0. The summed E-state index contributed by atoms with van der Waals surface area (Å²) in [4.78, 5) is 8.22. The van der Waals surface area contributed by atoms with Crippen molar-refractivity contribution in [1.29, 1.82) is 0 Å². The van der Waals surface area contributed by atoms with Gasteiger partial charge in [-0.3, -0.25) is 0 Å². The first-order valence-corrected chi connectivity index (χ1v) is 7.39. The molecular formula is C16H13BrN2O. The molecule has 3 aromatic rings.